The van der Waals surface area contributed by atoms with Crippen molar-refractivity contribution < 1.29 is 8.78 Å². The average Bonchev–Trinajstić information content (AvgIpc) is 2.49. The number of fused-ring (bicyclic) bond motifs is 1. The first kappa shape index (κ1) is 9.68. The number of thiophene rings is 1. The van der Waals surface area contributed by atoms with Crippen molar-refractivity contribution >= 4 is 38.7 Å². The molecule has 0 atom stereocenters. The van der Waals surface area contributed by atoms with Gasteiger partial charge in [-0.3, -0.25) is 0 Å². The van der Waals surface area contributed by atoms with Gasteiger partial charge in [0.2, 0.25) is 0 Å². The van der Waals surface area contributed by atoms with Crippen LogP contribution in [0, 0.1) is 0 Å². The molecule has 2 rings (SSSR count). The minimum absolute atomic E-state index is 0.00824. The van der Waals surface area contributed by atoms with Crippen LogP contribution in [-0.4, -0.2) is 0 Å². The van der Waals surface area contributed by atoms with Gasteiger partial charge in [-0.25, -0.2) is 8.78 Å². The molecule has 1 heterocycles. The lowest BCUT2D eigenvalue weighted by atomic mass is 10.1. The highest BCUT2D eigenvalue weighted by molar-refractivity contribution is 7.18. The second-order valence-electron chi connectivity index (χ2n) is 2.83. The Hall–Kier alpha value is -0.870. The summed E-state index contributed by atoms with van der Waals surface area (Å²) in [7, 11) is 0. The van der Waals surface area contributed by atoms with Crippen LogP contribution in [0.25, 0.3) is 10.1 Å². The van der Waals surface area contributed by atoms with Gasteiger partial charge in [0.15, 0.2) is 0 Å². The minimum Gasteiger partial charge on any atom is -0.398 e. The van der Waals surface area contributed by atoms with E-state index in [1.54, 1.807) is 5.38 Å². The van der Waals surface area contributed by atoms with E-state index in [9.17, 15) is 8.78 Å². The van der Waals surface area contributed by atoms with Gasteiger partial charge in [0.1, 0.15) is 0 Å². The molecular formula is C9H6ClF2NS. The smallest absolute Gasteiger partial charge is 0.265 e. The molecule has 0 saturated carbocycles. The highest BCUT2D eigenvalue weighted by Gasteiger charge is 2.15. The minimum atomic E-state index is -2.49. The Morgan fingerprint density at radius 2 is 2.07 bits per heavy atom. The number of hydrogen-bond acceptors (Lipinski definition) is 2. The summed E-state index contributed by atoms with van der Waals surface area (Å²) in [6, 6.07) is 2.80. The molecule has 1 aromatic heterocycles. The topological polar surface area (TPSA) is 26.0 Å². The van der Waals surface area contributed by atoms with Crippen LogP contribution < -0.4 is 5.73 Å². The number of benzene rings is 1. The summed E-state index contributed by atoms with van der Waals surface area (Å²) in [6.45, 7) is 0. The predicted molar refractivity (Wildman–Crippen MR) is 56.2 cm³/mol. The maximum absolute atomic E-state index is 12.6. The standard InChI is InChI=1S/C9H6ClF2NS/c10-5-3-14-8-4(9(11)12)1-2-6(13)7(5)8/h1-3,9H,13H2. The van der Waals surface area contributed by atoms with Gasteiger partial charge in [-0.05, 0) is 12.1 Å². The van der Waals surface area contributed by atoms with Crippen molar-refractivity contribution in [3.63, 3.8) is 0 Å². The van der Waals surface area contributed by atoms with E-state index in [0.29, 0.717) is 20.8 Å². The van der Waals surface area contributed by atoms with Crippen molar-refractivity contribution in [3.05, 3.63) is 28.1 Å². The van der Waals surface area contributed by atoms with Crippen LogP contribution in [0.2, 0.25) is 5.02 Å². The summed E-state index contributed by atoms with van der Waals surface area (Å²) in [5.74, 6) is 0. The van der Waals surface area contributed by atoms with E-state index in [4.69, 9.17) is 17.3 Å². The van der Waals surface area contributed by atoms with Gasteiger partial charge in [-0.15, -0.1) is 11.3 Å². The molecule has 1 aromatic carbocycles. The number of alkyl halides is 2. The molecule has 0 aliphatic carbocycles. The molecular weight excluding hydrogens is 228 g/mol. The first-order chi connectivity index (χ1) is 6.61. The molecule has 74 valence electrons. The first-order valence-electron chi connectivity index (χ1n) is 3.84. The third kappa shape index (κ3) is 1.35. The van der Waals surface area contributed by atoms with Crippen molar-refractivity contribution in [2.75, 3.05) is 5.73 Å². The normalized spacial score (nSPS) is 11.4. The number of nitrogen functional groups attached to an aromatic ring is 1. The fourth-order valence-corrected chi connectivity index (χ4v) is 2.70. The Kier molecular flexibility index (Phi) is 2.33. The Balaban J connectivity index is 2.83. The number of anilines is 1. The lowest BCUT2D eigenvalue weighted by molar-refractivity contribution is 0.153. The predicted octanol–water partition coefficient (Wildman–Crippen LogP) is 4.07. The highest BCUT2D eigenvalue weighted by Crippen LogP contribution is 2.39. The van der Waals surface area contributed by atoms with Crippen LogP contribution in [-0.2, 0) is 0 Å². The molecule has 0 amide bonds. The number of nitrogens with two attached hydrogens (primary N) is 1. The van der Waals surface area contributed by atoms with Gasteiger partial charge in [0.05, 0.1) is 5.02 Å². The van der Waals surface area contributed by atoms with Gasteiger partial charge in [-0.2, -0.15) is 0 Å². The molecule has 0 aliphatic rings. The van der Waals surface area contributed by atoms with Crippen LogP contribution in [0.4, 0.5) is 14.5 Å². The van der Waals surface area contributed by atoms with E-state index < -0.39 is 6.43 Å². The van der Waals surface area contributed by atoms with Crippen LogP contribution in [0.15, 0.2) is 17.5 Å². The van der Waals surface area contributed by atoms with Crippen molar-refractivity contribution in [3.8, 4) is 0 Å². The summed E-state index contributed by atoms with van der Waals surface area (Å²) in [5.41, 5.74) is 6.08. The summed E-state index contributed by atoms with van der Waals surface area (Å²) >= 11 is 7.03. The van der Waals surface area contributed by atoms with E-state index in [-0.39, 0.29) is 5.56 Å². The maximum Gasteiger partial charge on any atom is 0.265 e. The van der Waals surface area contributed by atoms with Crippen LogP contribution in [0.3, 0.4) is 0 Å². The van der Waals surface area contributed by atoms with Crippen molar-refractivity contribution in [2.45, 2.75) is 6.43 Å². The second kappa shape index (κ2) is 3.37. The highest BCUT2D eigenvalue weighted by atomic mass is 35.5. The Morgan fingerprint density at radius 1 is 1.36 bits per heavy atom. The zero-order valence-electron chi connectivity index (χ0n) is 6.93. The third-order valence-electron chi connectivity index (χ3n) is 1.97. The van der Waals surface area contributed by atoms with Crippen LogP contribution in [0.1, 0.15) is 12.0 Å². The summed E-state index contributed by atoms with van der Waals surface area (Å²) in [4.78, 5) is 0. The zero-order valence-corrected chi connectivity index (χ0v) is 8.50. The van der Waals surface area contributed by atoms with E-state index in [0.717, 1.165) is 0 Å². The zero-order chi connectivity index (χ0) is 10.3. The molecule has 0 aliphatic heterocycles. The second-order valence-corrected chi connectivity index (χ2v) is 4.12. The first-order valence-corrected chi connectivity index (χ1v) is 5.10. The summed E-state index contributed by atoms with van der Waals surface area (Å²) in [6.07, 6.45) is -2.49. The molecule has 0 fully saturated rings. The van der Waals surface area contributed by atoms with Crippen molar-refractivity contribution in [1.82, 2.24) is 0 Å². The lowest BCUT2D eigenvalue weighted by Gasteiger charge is -2.03. The SMILES string of the molecule is Nc1ccc(C(F)F)c2scc(Cl)c12. The van der Waals surface area contributed by atoms with Crippen molar-refractivity contribution in [1.29, 1.82) is 0 Å². The average molecular weight is 234 g/mol. The van der Waals surface area contributed by atoms with Gasteiger partial charge in [-0.1, -0.05) is 11.6 Å². The number of hydrogen-bond donors (Lipinski definition) is 1. The lowest BCUT2D eigenvalue weighted by Crippen LogP contribution is -1.89. The summed E-state index contributed by atoms with van der Waals surface area (Å²) in [5, 5.41) is 2.59. The largest absolute Gasteiger partial charge is 0.398 e. The molecule has 0 spiro atoms. The molecule has 2 aromatic rings. The molecule has 0 saturated heterocycles. The number of rotatable bonds is 1. The molecule has 5 heteroatoms. The van der Waals surface area contributed by atoms with E-state index in [1.165, 1.54) is 23.5 Å². The Labute approximate surface area is 88.1 Å². The van der Waals surface area contributed by atoms with Gasteiger partial charge in [0, 0.05) is 26.7 Å². The van der Waals surface area contributed by atoms with Crippen LogP contribution in [0.5, 0.6) is 0 Å². The van der Waals surface area contributed by atoms with E-state index in [2.05, 4.69) is 0 Å². The van der Waals surface area contributed by atoms with E-state index in [1.807, 2.05) is 0 Å². The van der Waals surface area contributed by atoms with E-state index >= 15 is 0 Å². The monoisotopic (exact) mass is 233 g/mol. The molecule has 14 heavy (non-hydrogen) atoms. The molecule has 0 bridgehead atoms. The maximum atomic E-state index is 12.6. The molecule has 0 unspecified atom stereocenters. The molecule has 2 N–H and O–H groups in total. The van der Waals surface area contributed by atoms with Crippen molar-refractivity contribution in [2.24, 2.45) is 0 Å². The third-order valence-corrected chi connectivity index (χ3v) is 3.43. The Bertz CT molecular complexity index is 481. The summed E-state index contributed by atoms with van der Waals surface area (Å²) < 4.78 is 25.6. The fraction of sp³-hybridized carbons (Fsp3) is 0.111. The van der Waals surface area contributed by atoms with Crippen LogP contribution >= 0.6 is 22.9 Å². The quantitative estimate of drug-likeness (QED) is 0.738. The molecule has 1 nitrogen and oxygen atoms in total. The fourth-order valence-electron chi connectivity index (χ4n) is 1.33. The Morgan fingerprint density at radius 3 is 2.71 bits per heavy atom. The van der Waals surface area contributed by atoms with Gasteiger partial charge >= 0.3 is 0 Å². The van der Waals surface area contributed by atoms with Gasteiger partial charge in [0.25, 0.3) is 6.43 Å². The van der Waals surface area contributed by atoms with Gasteiger partial charge < -0.3 is 5.73 Å². The molecule has 0 radical (unpaired) electrons. The number of halogens is 3.